The van der Waals surface area contributed by atoms with Gasteiger partial charge in [0.2, 0.25) is 15.9 Å². The molecule has 1 aliphatic carbocycles. The van der Waals surface area contributed by atoms with E-state index in [0.29, 0.717) is 6.54 Å². The van der Waals surface area contributed by atoms with Gasteiger partial charge in [-0.15, -0.1) is 0 Å². The van der Waals surface area contributed by atoms with Crippen LogP contribution in [0.25, 0.3) is 6.08 Å². The van der Waals surface area contributed by atoms with Gasteiger partial charge in [0.1, 0.15) is 0 Å². The molecule has 1 amide bonds. The lowest BCUT2D eigenvalue weighted by molar-refractivity contribution is -0.120. The first-order chi connectivity index (χ1) is 12.1. The summed E-state index contributed by atoms with van der Waals surface area (Å²) in [6.07, 6.45) is 9.58. The Hall–Kier alpha value is -1.92. The van der Waals surface area contributed by atoms with Crippen molar-refractivity contribution in [3.63, 3.8) is 0 Å². The minimum Gasteiger partial charge on any atom is -0.356 e. The summed E-state index contributed by atoms with van der Waals surface area (Å²) in [4.78, 5) is 11.8. The monoisotopic (exact) mass is 362 g/mol. The maximum absolute atomic E-state index is 11.9. The van der Waals surface area contributed by atoms with Crippen LogP contribution in [-0.4, -0.2) is 27.4 Å². The molecule has 0 unspecified atom stereocenters. The van der Waals surface area contributed by atoms with Crippen molar-refractivity contribution in [2.75, 3.05) is 13.1 Å². The molecule has 0 bridgehead atoms. The summed E-state index contributed by atoms with van der Waals surface area (Å²) in [5.74, 6) is -0.133. The summed E-state index contributed by atoms with van der Waals surface area (Å²) in [7, 11) is -3.53. The second kappa shape index (κ2) is 10.2. The highest BCUT2D eigenvalue weighted by Crippen LogP contribution is 2.19. The topological polar surface area (TPSA) is 75.3 Å². The van der Waals surface area contributed by atoms with Crippen LogP contribution in [-0.2, 0) is 14.8 Å². The van der Waals surface area contributed by atoms with E-state index >= 15 is 0 Å². The summed E-state index contributed by atoms with van der Waals surface area (Å²) in [6.45, 7) is 0.710. The van der Waals surface area contributed by atoms with Crippen molar-refractivity contribution in [1.29, 1.82) is 0 Å². The quantitative estimate of drug-likeness (QED) is 0.663. The lowest BCUT2D eigenvalue weighted by Gasteiger charge is -2.12. The number of hydrogen-bond acceptors (Lipinski definition) is 3. The highest BCUT2D eigenvalue weighted by molar-refractivity contribution is 7.92. The number of amides is 1. The molecule has 2 N–H and O–H groups in total. The Kier molecular flexibility index (Phi) is 7.88. The molecule has 5 nitrogen and oxygen atoms in total. The SMILES string of the molecule is O=C(CCNS(=O)(=O)/C=C/c1ccccc1)NCCC1=CCCCC1. The molecular weight excluding hydrogens is 336 g/mol. The van der Waals surface area contributed by atoms with E-state index in [4.69, 9.17) is 0 Å². The van der Waals surface area contributed by atoms with E-state index in [1.54, 1.807) is 0 Å². The van der Waals surface area contributed by atoms with E-state index in [1.807, 2.05) is 30.3 Å². The molecule has 0 atom stereocenters. The molecule has 0 fully saturated rings. The molecule has 1 aromatic rings. The number of nitrogens with one attached hydrogen (secondary N) is 2. The highest BCUT2D eigenvalue weighted by Gasteiger charge is 2.08. The molecule has 0 aromatic heterocycles. The maximum atomic E-state index is 11.9. The first kappa shape index (κ1) is 19.4. The van der Waals surface area contributed by atoms with E-state index in [-0.39, 0.29) is 18.9 Å². The summed E-state index contributed by atoms with van der Waals surface area (Å²) >= 11 is 0. The second-order valence-corrected chi connectivity index (χ2v) is 7.76. The molecule has 0 saturated carbocycles. The third-order valence-electron chi connectivity index (χ3n) is 4.05. The fourth-order valence-electron chi connectivity index (χ4n) is 2.67. The molecule has 25 heavy (non-hydrogen) atoms. The molecule has 1 aliphatic rings. The lowest BCUT2D eigenvalue weighted by Crippen LogP contribution is -2.30. The van der Waals surface area contributed by atoms with Crippen molar-refractivity contribution in [2.24, 2.45) is 0 Å². The van der Waals surface area contributed by atoms with Crippen molar-refractivity contribution in [3.05, 3.63) is 53.0 Å². The molecule has 0 saturated heterocycles. The third kappa shape index (κ3) is 8.14. The number of sulfonamides is 1. The van der Waals surface area contributed by atoms with Gasteiger partial charge in [0.15, 0.2) is 0 Å². The first-order valence-corrected chi connectivity index (χ1v) is 10.3. The first-order valence-electron chi connectivity index (χ1n) is 8.72. The predicted molar refractivity (Wildman–Crippen MR) is 101 cm³/mol. The van der Waals surface area contributed by atoms with E-state index in [1.165, 1.54) is 24.5 Å². The zero-order valence-electron chi connectivity index (χ0n) is 14.4. The normalized spacial score (nSPS) is 15.1. The number of rotatable bonds is 9. The average molecular weight is 362 g/mol. The molecule has 0 radical (unpaired) electrons. The predicted octanol–water partition coefficient (Wildman–Crippen LogP) is 2.97. The van der Waals surface area contributed by atoms with Crippen LogP contribution in [0.3, 0.4) is 0 Å². The number of carbonyl (C=O) groups excluding carboxylic acids is 1. The van der Waals surface area contributed by atoms with Gasteiger partial charge >= 0.3 is 0 Å². The summed E-state index contributed by atoms with van der Waals surface area (Å²) in [6, 6.07) is 9.19. The van der Waals surface area contributed by atoms with Gasteiger partial charge in [0.25, 0.3) is 0 Å². The van der Waals surface area contributed by atoms with Gasteiger partial charge in [-0.1, -0.05) is 42.0 Å². The van der Waals surface area contributed by atoms with E-state index in [9.17, 15) is 13.2 Å². The van der Waals surface area contributed by atoms with Crippen LogP contribution in [0.1, 0.15) is 44.1 Å². The molecule has 0 heterocycles. The minimum absolute atomic E-state index is 0.0932. The zero-order valence-corrected chi connectivity index (χ0v) is 15.2. The average Bonchev–Trinajstić information content (AvgIpc) is 2.62. The number of hydrogen-bond donors (Lipinski definition) is 2. The van der Waals surface area contributed by atoms with E-state index < -0.39 is 10.0 Å². The van der Waals surface area contributed by atoms with Crippen LogP contribution in [0, 0.1) is 0 Å². The smallest absolute Gasteiger partial charge is 0.233 e. The van der Waals surface area contributed by atoms with Crippen molar-refractivity contribution >= 4 is 22.0 Å². The fraction of sp³-hybridized carbons (Fsp3) is 0.421. The van der Waals surface area contributed by atoms with Gasteiger partial charge in [-0.2, -0.15) is 0 Å². The van der Waals surface area contributed by atoms with Gasteiger partial charge in [-0.3, -0.25) is 4.79 Å². The Morgan fingerprint density at radius 3 is 2.64 bits per heavy atom. The van der Waals surface area contributed by atoms with Crippen molar-refractivity contribution in [1.82, 2.24) is 10.0 Å². The Morgan fingerprint density at radius 1 is 1.12 bits per heavy atom. The molecule has 2 rings (SSSR count). The van der Waals surface area contributed by atoms with Gasteiger partial charge in [0, 0.05) is 24.9 Å². The molecular formula is C19H26N2O3S. The van der Waals surface area contributed by atoms with Crippen LogP contribution >= 0.6 is 0 Å². The number of allylic oxidation sites excluding steroid dienone is 1. The van der Waals surface area contributed by atoms with Crippen molar-refractivity contribution < 1.29 is 13.2 Å². The molecule has 6 heteroatoms. The second-order valence-electron chi connectivity index (χ2n) is 6.11. The van der Waals surface area contributed by atoms with Crippen LogP contribution < -0.4 is 10.0 Å². The number of carbonyl (C=O) groups is 1. The van der Waals surface area contributed by atoms with E-state index in [2.05, 4.69) is 16.1 Å². The summed E-state index contributed by atoms with van der Waals surface area (Å²) in [5.41, 5.74) is 2.22. The standard InChI is InChI=1S/C19H26N2O3S/c22-19(20-14-11-17-7-3-1-4-8-17)12-15-21-25(23,24)16-13-18-9-5-2-6-10-18/h2,5-7,9-10,13,16,21H,1,3-4,8,11-12,14-15H2,(H,20,22)/b16-13+. The molecule has 136 valence electrons. The fourth-order valence-corrected chi connectivity index (χ4v) is 3.49. The van der Waals surface area contributed by atoms with E-state index in [0.717, 1.165) is 30.2 Å². The van der Waals surface area contributed by atoms with Crippen molar-refractivity contribution in [2.45, 2.75) is 38.5 Å². The Morgan fingerprint density at radius 2 is 1.92 bits per heavy atom. The van der Waals surface area contributed by atoms with Crippen LogP contribution in [0.2, 0.25) is 0 Å². The summed E-state index contributed by atoms with van der Waals surface area (Å²) < 4.78 is 26.2. The molecule has 0 spiro atoms. The van der Waals surface area contributed by atoms with Crippen LogP contribution in [0.4, 0.5) is 0 Å². The van der Waals surface area contributed by atoms with Gasteiger partial charge in [0.05, 0.1) is 0 Å². The minimum atomic E-state index is -3.53. The number of benzene rings is 1. The Balaban J connectivity index is 1.64. The zero-order chi connectivity index (χ0) is 18.0. The van der Waals surface area contributed by atoms with Crippen LogP contribution in [0.15, 0.2) is 47.4 Å². The molecule has 0 aliphatic heterocycles. The largest absolute Gasteiger partial charge is 0.356 e. The van der Waals surface area contributed by atoms with Crippen molar-refractivity contribution in [3.8, 4) is 0 Å². The highest BCUT2D eigenvalue weighted by atomic mass is 32.2. The third-order valence-corrected chi connectivity index (χ3v) is 5.15. The summed E-state index contributed by atoms with van der Waals surface area (Å²) in [5, 5.41) is 3.96. The van der Waals surface area contributed by atoms with Gasteiger partial charge < -0.3 is 5.32 Å². The van der Waals surface area contributed by atoms with Crippen LogP contribution in [0.5, 0.6) is 0 Å². The Labute approximate surface area is 150 Å². The maximum Gasteiger partial charge on any atom is 0.233 e. The lowest BCUT2D eigenvalue weighted by atomic mass is 9.97. The van der Waals surface area contributed by atoms with Gasteiger partial charge in [-0.05, 0) is 43.7 Å². The van der Waals surface area contributed by atoms with Gasteiger partial charge in [-0.25, -0.2) is 13.1 Å². The molecule has 1 aromatic carbocycles. The Bertz CT molecular complexity index is 709.